The Morgan fingerprint density at radius 1 is 0.971 bits per heavy atom. The van der Waals surface area contributed by atoms with Crippen molar-refractivity contribution in [2.24, 2.45) is 0 Å². The molecule has 2 aliphatic rings. The number of carbonyl (C=O) groups excluding carboxylic acids is 2. The van der Waals surface area contributed by atoms with Gasteiger partial charge >= 0.3 is 0 Å². The van der Waals surface area contributed by atoms with Gasteiger partial charge in [-0.1, -0.05) is 0 Å². The van der Waals surface area contributed by atoms with Gasteiger partial charge in [0.25, 0.3) is 0 Å². The number of morpholine rings is 1. The van der Waals surface area contributed by atoms with Crippen LogP contribution in [-0.2, 0) is 11.3 Å². The van der Waals surface area contributed by atoms with E-state index in [2.05, 4.69) is 19.4 Å². The number of pyridine rings is 1. The van der Waals surface area contributed by atoms with Crippen LogP contribution in [0.15, 0.2) is 35.4 Å². The van der Waals surface area contributed by atoms with Gasteiger partial charge in [0.1, 0.15) is 0 Å². The number of nitrogens with zero attached hydrogens (tertiary/aromatic N) is 2. The first-order valence-electron chi connectivity index (χ1n) is 11.7. The highest BCUT2D eigenvalue weighted by Crippen LogP contribution is 2.44. The Labute approximate surface area is 197 Å². The summed E-state index contributed by atoms with van der Waals surface area (Å²) in [5.41, 5.74) is 2.78. The summed E-state index contributed by atoms with van der Waals surface area (Å²) in [5.74, 6) is -1.39. The number of aromatic amines is 2. The Morgan fingerprint density at radius 2 is 1.74 bits per heavy atom. The van der Waals surface area contributed by atoms with Crippen molar-refractivity contribution in [3.63, 3.8) is 0 Å². The Balaban J connectivity index is 1.63. The first-order valence-corrected chi connectivity index (χ1v) is 11.7. The predicted octanol–water partition coefficient (Wildman–Crippen LogP) is 3.36. The Kier molecular flexibility index (Phi) is 4.31. The summed E-state index contributed by atoms with van der Waals surface area (Å²) in [6, 6.07) is 4.31. The van der Waals surface area contributed by atoms with Gasteiger partial charge in [-0.05, 0) is 12.1 Å². The fourth-order valence-corrected chi connectivity index (χ4v) is 5.81. The lowest BCUT2D eigenvalue weighted by atomic mass is 9.97. The molecule has 7 rings (SSSR count). The number of hydrogen-bond acceptors (Lipinski definition) is 5. The molecule has 2 aromatic carbocycles. The van der Waals surface area contributed by atoms with Crippen LogP contribution in [0.1, 0.15) is 27.1 Å². The summed E-state index contributed by atoms with van der Waals surface area (Å²) in [6.45, 7) is 4.51. The zero-order valence-corrected chi connectivity index (χ0v) is 18.7. The maximum atomic E-state index is 14.4. The van der Waals surface area contributed by atoms with Crippen LogP contribution in [0.25, 0.3) is 43.6 Å². The molecular formula is C26H21FN4O4. The Morgan fingerprint density at radius 3 is 2.54 bits per heavy atom. The molecule has 0 saturated carbocycles. The molecular weight excluding hydrogens is 451 g/mol. The van der Waals surface area contributed by atoms with E-state index in [0.29, 0.717) is 52.7 Å². The molecule has 35 heavy (non-hydrogen) atoms. The molecule has 9 heteroatoms. The van der Waals surface area contributed by atoms with E-state index in [0.717, 1.165) is 41.4 Å². The minimum Gasteiger partial charge on any atom is -0.379 e. The third-order valence-corrected chi connectivity index (χ3v) is 7.37. The second-order valence-corrected chi connectivity index (χ2v) is 9.25. The summed E-state index contributed by atoms with van der Waals surface area (Å²) in [5, 5.41) is 2.55. The van der Waals surface area contributed by atoms with Crippen molar-refractivity contribution >= 4 is 55.2 Å². The van der Waals surface area contributed by atoms with Gasteiger partial charge < -0.3 is 19.3 Å². The van der Waals surface area contributed by atoms with E-state index in [4.69, 9.17) is 4.74 Å². The van der Waals surface area contributed by atoms with Gasteiger partial charge in [-0.15, -0.1) is 0 Å². The third-order valence-electron chi connectivity index (χ3n) is 7.37. The summed E-state index contributed by atoms with van der Waals surface area (Å²) >= 11 is 0. The van der Waals surface area contributed by atoms with E-state index >= 15 is 0 Å². The molecule has 4 heterocycles. The zero-order chi connectivity index (χ0) is 23.8. The van der Waals surface area contributed by atoms with Crippen molar-refractivity contribution in [1.82, 2.24) is 19.4 Å². The van der Waals surface area contributed by atoms with Gasteiger partial charge in [0.15, 0.2) is 17.4 Å². The number of rotatable bonds is 3. The lowest BCUT2D eigenvalue weighted by Gasteiger charge is -2.27. The number of H-pyrrole nitrogens is 2. The third kappa shape index (κ3) is 2.82. The van der Waals surface area contributed by atoms with Crippen molar-refractivity contribution in [2.45, 2.75) is 13.0 Å². The molecule has 8 nitrogen and oxygen atoms in total. The van der Waals surface area contributed by atoms with Gasteiger partial charge in [-0.3, -0.25) is 19.3 Å². The van der Waals surface area contributed by atoms with Crippen molar-refractivity contribution in [3.8, 4) is 0 Å². The fourth-order valence-electron chi connectivity index (χ4n) is 5.81. The largest absolute Gasteiger partial charge is 0.379 e. The number of benzene rings is 2. The van der Waals surface area contributed by atoms with Crippen molar-refractivity contribution in [1.29, 1.82) is 0 Å². The molecule has 1 saturated heterocycles. The minimum atomic E-state index is -0.883. The van der Waals surface area contributed by atoms with Crippen LogP contribution in [0.3, 0.4) is 0 Å². The van der Waals surface area contributed by atoms with Crippen LogP contribution in [0.5, 0.6) is 0 Å². The predicted molar refractivity (Wildman–Crippen MR) is 130 cm³/mol. The normalized spacial score (nSPS) is 16.9. The first-order chi connectivity index (χ1) is 17.0. The van der Waals surface area contributed by atoms with Gasteiger partial charge in [-0.25, -0.2) is 4.39 Å². The summed E-state index contributed by atoms with van der Waals surface area (Å²) in [7, 11) is 0. The summed E-state index contributed by atoms with van der Waals surface area (Å²) in [6.07, 6.45) is 3.49. The lowest BCUT2D eigenvalue weighted by Crippen LogP contribution is -2.38. The number of ether oxygens (including phenoxy) is 1. The number of Topliss-reactive ketones (excluding diaryl/α,β-unsaturated/α-hetero) is 2. The average Bonchev–Trinajstić information content (AvgIpc) is 3.48. The standard InChI is InChI=1S/C26H21FN4O4/c27-15-9-14-16(10-18(15)32)29-25-21(14)23-19(33)11-20(34)24(23)22-13-1-2-28-12-17(13)31(26(22)25)4-3-30-5-7-35-8-6-30/h1-2,9-10,12,28-29H,3-8,11H2. The van der Waals surface area contributed by atoms with Crippen molar-refractivity contribution in [2.75, 3.05) is 32.8 Å². The van der Waals surface area contributed by atoms with E-state index in [-0.39, 0.29) is 18.0 Å². The van der Waals surface area contributed by atoms with E-state index < -0.39 is 11.2 Å². The molecule has 0 unspecified atom stereocenters. The van der Waals surface area contributed by atoms with Crippen LogP contribution in [0.2, 0.25) is 0 Å². The first kappa shape index (κ1) is 20.5. The summed E-state index contributed by atoms with van der Waals surface area (Å²) in [4.78, 5) is 47.1. The number of hydrogen-bond donors (Lipinski definition) is 2. The number of carbonyl (C=O) groups is 2. The fraction of sp³-hybridized carbons (Fsp3) is 0.269. The van der Waals surface area contributed by atoms with E-state index in [1.807, 2.05) is 12.3 Å². The van der Waals surface area contributed by atoms with E-state index in [1.54, 1.807) is 6.20 Å². The van der Waals surface area contributed by atoms with Crippen LogP contribution < -0.4 is 5.43 Å². The number of nitrogens with one attached hydrogen (secondary N) is 2. The minimum absolute atomic E-state index is 0.211. The van der Waals surface area contributed by atoms with E-state index in [1.165, 1.54) is 12.1 Å². The highest BCUT2D eigenvalue weighted by Gasteiger charge is 2.36. The molecule has 1 aliphatic heterocycles. The average molecular weight is 472 g/mol. The molecule has 3 aromatic heterocycles. The van der Waals surface area contributed by atoms with Crippen LogP contribution in [-0.4, -0.2) is 63.8 Å². The lowest BCUT2D eigenvalue weighted by molar-refractivity contribution is 0.0366. The van der Waals surface area contributed by atoms with Crippen molar-refractivity contribution < 1.29 is 18.7 Å². The van der Waals surface area contributed by atoms with E-state index in [9.17, 15) is 18.8 Å². The second kappa shape index (κ2) is 7.34. The van der Waals surface area contributed by atoms with Gasteiger partial charge in [0, 0.05) is 77.3 Å². The second-order valence-electron chi connectivity index (χ2n) is 9.25. The van der Waals surface area contributed by atoms with Crippen LogP contribution in [0.4, 0.5) is 4.39 Å². The Bertz CT molecular complexity index is 1790. The van der Waals surface area contributed by atoms with Crippen LogP contribution >= 0.6 is 0 Å². The van der Waals surface area contributed by atoms with Gasteiger partial charge in [-0.2, -0.15) is 0 Å². The molecule has 0 atom stereocenters. The van der Waals surface area contributed by atoms with Crippen LogP contribution in [0, 0.1) is 5.82 Å². The molecule has 0 amide bonds. The number of fused-ring (bicyclic) bond motifs is 10. The number of halogens is 1. The smallest absolute Gasteiger partial charge is 0.216 e. The molecule has 5 aromatic rings. The van der Waals surface area contributed by atoms with Gasteiger partial charge in [0.2, 0.25) is 5.43 Å². The maximum Gasteiger partial charge on any atom is 0.216 e. The number of aromatic nitrogens is 3. The quantitative estimate of drug-likeness (QED) is 0.392. The molecule has 176 valence electrons. The molecule has 1 fully saturated rings. The SMILES string of the molecule is O=C1CC(=O)c2c1c1c3cc(F)c(=O)cc3[nH]c1c1c2c2cc[nH]cc2n1CCN1CCOCC1. The monoisotopic (exact) mass is 472 g/mol. The van der Waals surface area contributed by atoms with Crippen molar-refractivity contribution in [3.05, 3.63) is 57.8 Å². The summed E-state index contributed by atoms with van der Waals surface area (Å²) < 4.78 is 22.0. The molecule has 0 spiro atoms. The Hall–Kier alpha value is -3.82. The zero-order valence-electron chi connectivity index (χ0n) is 18.7. The highest BCUT2D eigenvalue weighted by atomic mass is 19.1. The molecule has 0 bridgehead atoms. The molecule has 0 radical (unpaired) electrons. The molecule has 1 aliphatic carbocycles. The maximum absolute atomic E-state index is 14.4. The number of ketones is 2. The van der Waals surface area contributed by atoms with Gasteiger partial charge in [0.05, 0.1) is 41.7 Å². The molecule has 2 N–H and O–H groups in total. The topological polar surface area (TPSA) is 100 Å². The highest BCUT2D eigenvalue weighted by molar-refractivity contribution is 6.40.